The second-order valence-electron chi connectivity index (χ2n) is 4.14. The van der Waals surface area contributed by atoms with Crippen molar-refractivity contribution < 1.29 is 4.79 Å². The zero-order chi connectivity index (χ0) is 14.3. The van der Waals surface area contributed by atoms with E-state index in [0.717, 1.165) is 16.7 Å². The molecule has 0 radical (unpaired) electrons. The molecule has 0 aliphatic carbocycles. The van der Waals surface area contributed by atoms with E-state index in [0.29, 0.717) is 24.5 Å². The summed E-state index contributed by atoms with van der Waals surface area (Å²) in [6.45, 7) is 3.84. The fourth-order valence-corrected chi connectivity index (χ4v) is 2.08. The lowest BCUT2D eigenvalue weighted by Gasteiger charge is -2.19. The molecule has 0 aliphatic heterocycles. The highest BCUT2D eigenvalue weighted by Gasteiger charge is 2.09. The van der Waals surface area contributed by atoms with Crippen LogP contribution in [0.1, 0.15) is 13.3 Å². The maximum Gasteiger partial charge on any atom is 0.238 e. The number of rotatable bonds is 7. The molecule has 1 rings (SSSR count). The molecule has 104 valence electrons. The number of nitrogens with zero attached hydrogens (tertiary/aromatic N) is 1. The Morgan fingerprint density at radius 3 is 2.84 bits per heavy atom. The third-order valence-electron chi connectivity index (χ3n) is 2.60. The van der Waals surface area contributed by atoms with E-state index in [1.165, 1.54) is 0 Å². The SMILES string of the molecule is CCN(CCC(N)=S)CC(=O)Nc1cccc(Br)c1. The first kappa shape index (κ1) is 16.1. The molecule has 4 nitrogen and oxygen atoms in total. The van der Waals surface area contributed by atoms with Crippen LogP contribution in [-0.4, -0.2) is 35.4 Å². The molecule has 0 atom stereocenters. The van der Waals surface area contributed by atoms with Gasteiger partial charge < -0.3 is 11.1 Å². The second kappa shape index (κ2) is 8.24. The Morgan fingerprint density at radius 2 is 2.26 bits per heavy atom. The van der Waals surface area contributed by atoms with Gasteiger partial charge in [-0.05, 0) is 24.7 Å². The van der Waals surface area contributed by atoms with E-state index < -0.39 is 0 Å². The summed E-state index contributed by atoms with van der Waals surface area (Å²) in [6, 6.07) is 7.51. The number of hydrogen-bond donors (Lipinski definition) is 2. The first-order valence-electron chi connectivity index (χ1n) is 6.07. The minimum Gasteiger partial charge on any atom is -0.393 e. The molecule has 0 aliphatic rings. The van der Waals surface area contributed by atoms with Crippen molar-refractivity contribution in [1.82, 2.24) is 4.90 Å². The average molecular weight is 344 g/mol. The van der Waals surface area contributed by atoms with E-state index >= 15 is 0 Å². The van der Waals surface area contributed by atoms with Crippen LogP contribution in [0.25, 0.3) is 0 Å². The van der Waals surface area contributed by atoms with Crippen LogP contribution in [0.5, 0.6) is 0 Å². The van der Waals surface area contributed by atoms with Crippen LogP contribution in [0.3, 0.4) is 0 Å². The molecule has 0 heterocycles. The Kier molecular flexibility index (Phi) is 6.97. The molecule has 1 aromatic carbocycles. The summed E-state index contributed by atoms with van der Waals surface area (Å²) in [6.07, 6.45) is 0.632. The van der Waals surface area contributed by atoms with Crippen LogP contribution in [0.15, 0.2) is 28.7 Å². The largest absolute Gasteiger partial charge is 0.393 e. The van der Waals surface area contributed by atoms with Gasteiger partial charge in [-0.15, -0.1) is 0 Å². The number of carbonyl (C=O) groups is 1. The zero-order valence-corrected chi connectivity index (χ0v) is 13.3. The fourth-order valence-electron chi connectivity index (χ4n) is 1.59. The van der Waals surface area contributed by atoms with Gasteiger partial charge in [-0.1, -0.05) is 41.1 Å². The van der Waals surface area contributed by atoms with E-state index in [2.05, 4.69) is 21.2 Å². The maximum absolute atomic E-state index is 11.9. The molecular formula is C13H18BrN3OS. The van der Waals surface area contributed by atoms with Crippen molar-refractivity contribution in [3.8, 4) is 0 Å². The number of nitrogens with one attached hydrogen (secondary N) is 1. The van der Waals surface area contributed by atoms with Crippen molar-refractivity contribution in [1.29, 1.82) is 0 Å². The van der Waals surface area contributed by atoms with Crippen LogP contribution in [0.4, 0.5) is 5.69 Å². The summed E-state index contributed by atoms with van der Waals surface area (Å²) >= 11 is 8.21. The lowest BCUT2D eigenvalue weighted by Crippen LogP contribution is -2.35. The van der Waals surface area contributed by atoms with Gasteiger partial charge >= 0.3 is 0 Å². The number of benzene rings is 1. The Labute approximate surface area is 127 Å². The summed E-state index contributed by atoms with van der Waals surface area (Å²) in [4.78, 5) is 14.4. The molecule has 0 fully saturated rings. The first-order valence-corrected chi connectivity index (χ1v) is 7.27. The third-order valence-corrected chi connectivity index (χ3v) is 3.29. The second-order valence-corrected chi connectivity index (χ2v) is 5.58. The van der Waals surface area contributed by atoms with Crippen molar-refractivity contribution in [3.05, 3.63) is 28.7 Å². The van der Waals surface area contributed by atoms with Crippen LogP contribution in [-0.2, 0) is 4.79 Å². The highest BCUT2D eigenvalue weighted by molar-refractivity contribution is 9.10. The molecule has 0 bridgehead atoms. The Hall–Kier alpha value is -0.980. The van der Waals surface area contributed by atoms with Crippen LogP contribution in [0.2, 0.25) is 0 Å². The highest BCUT2D eigenvalue weighted by Crippen LogP contribution is 2.15. The van der Waals surface area contributed by atoms with Gasteiger partial charge in [0.25, 0.3) is 0 Å². The summed E-state index contributed by atoms with van der Waals surface area (Å²) in [5, 5.41) is 2.86. The Balaban J connectivity index is 2.46. The van der Waals surface area contributed by atoms with Gasteiger partial charge in [0.1, 0.15) is 0 Å². The number of thiocarbonyl (C=S) groups is 1. The van der Waals surface area contributed by atoms with Crippen molar-refractivity contribution >= 4 is 44.7 Å². The molecule has 1 amide bonds. The Bertz CT molecular complexity index is 453. The maximum atomic E-state index is 11.9. The predicted octanol–water partition coefficient (Wildman–Crippen LogP) is 2.39. The standard InChI is InChI=1S/C13H18BrN3OS/c1-2-17(7-6-12(15)19)9-13(18)16-11-5-3-4-10(14)8-11/h3-5,8H,2,6-7,9H2,1H3,(H2,15,19)(H,16,18). The van der Waals surface area contributed by atoms with Crippen LogP contribution in [0, 0.1) is 0 Å². The number of hydrogen-bond acceptors (Lipinski definition) is 3. The highest BCUT2D eigenvalue weighted by atomic mass is 79.9. The smallest absolute Gasteiger partial charge is 0.238 e. The van der Waals surface area contributed by atoms with Gasteiger partial charge in [0.05, 0.1) is 11.5 Å². The quantitative estimate of drug-likeness (QED) is 0.746. The van der Waals surface area contributed by atoms with E-state index in [1.54, 1.807) is 0 Å². The van der Waals surface area contributed by atoms with E-state index in [9.17, 15) is 4.79 Å². The lowest BCUT2D eigenvalue weighted by atomic mass is 10.3. The first-order chi connectivity index (χ1) is 9.01. The lowest BCUT2D eigenvalue weighted by molar-refractivity contribution is -0.117. The minimum atomic E-state index is -0.0390. The summed E-state index contributed by atoms with van der Waals surface area (Å²) < 4.78 is 0.936. The molecular weight excluding hydrogens is 326 g/mol. The molecule has 0 spiro atoms. The predicted molar refractivity (Wildman–Crippen MR) is 86.3 cm³/mol. The summed E-state index contributed by atoms with van der Waals surface area (Å²) in [5.41, 5.74) is 6.25. The topological polar surface area (TPSA) is 58.4 Å². The monoisotopic (exact) mass is 343 g/mol. The number of anilines is 1. The molecule has 0 unspecified atom stereocenters. The van der Waals surface area contributed by atoms with Gasteiger partial charge in [0.15, 0.2) is 0 Å². The van der Waals surface area contributed by atoms with E-state index in [-0.39, 0.29) is 5.91 Å². The summed E-state index contributed by atoms with van der Waals surface area (Å²) in [7, 11) is 0. The van der Waals surface area contributed by atoms with Gasteiger partial charge in [-0.25, -0.2) is 0 Å². The number of carbonyl (C=O) groups excluding carboxylic acids is 1. The van der Waals surface area contributed by atoms with Crippen molar-refractivity contribution in [2.24, 2.45) is 5.73 Å². The van der Waals surface area contributed by atoms with E-state index in [1.807, 2.05) is 36.1 Å². The molecule has 19 heavy (non-hydrogen) atoms. The number of nitrogens with two attached hydrogens (primary N) is 1. The molecule has 0 aromatic heterocycles. The van der Waals surface area contributed by atoms with Crippen molar-refractivity contribution in [3.63, 3.8) is 0 Å². The molecule has 3 N–H and O–H groups in total. The molecule has 6 heteroatoms. The fraction of sp³-hybridized carbons (Fsp3) is 0.385. The van der Waals surface area contributed by atoms with Crippen molar-refractivity contribution in [2.45, 2.75) is 13.3 Å². The summed E-state index contributed by atoms with van der Waals surface area (Å²) in [5.74, 6) is -0.0390. The minimum absolute atomic E-state index is 0.0390. The third kappa shape index (κ3) is 6.66. The molecule has 0 saturated carbocycles. The van der Waals surface area contributed by atoms with Crippen LogP contribution < -0.4 is 11.1 Å². The van der Waals surface area contributed by atoms with Gasteiger partial charge in [-0.2, -0.15) is 0 Å². The normalized spacial score (nSPS) is 10.5. The van der Waals surface area contributed by atoms with Crippen molar-refractivity contribution in [2.75, 3.05) is 25.0 Å². The van der Waals surface area contributed by atoms with E-state index in [4.69, 9.17) is 18.0 Å². The van der Waals surface area contributed by atoms with Crippen LogP contribution >= 0.6 is 28.1 Å². The van der Waals surface area contributed by atoms with Gasteiger partial charge in [-0.3, -0.25) is 9.69 Å². The number of likely N-dealkylation sites (N-methyl/N-ethyl adjacent to an activating group) is 1. The zero-order valence-electron chi connectivity index (χ0n) is 10.9. The molecule has 1 aromatic rings. The Morgan fingerprint density at radius 1 is 1.53 bits per heavy atom. The molecule has 0 saturated heterocycles. The van der Waals surface area contributed by atoms with Gasteiger partial charge in [0, 0.05) is 23.1 Å². The number of halogens is 1. The number of amides is 1. The average Bonchev–Trinajstić information content (AvgIpc) is 2.34. The van der Waals surface area contributed by atoms with Gasteiger partial charge in [0.2, 0.25) is 5.91 Å².